The molecule has 1 fully saturated rings. The number of hydrogen-bond donors (Lipinski definition) is 1. The molecule has 1 aliphatic rings. The minimum Gasteiger partial charge on any atom is -0.344 e. The Morgan fingerprint density at radius 2 is 1.89 bits per heavy atom. The van der Waals surface area contributed by atoms with Crippen LogP contribution >= 0.6 is 0 Å². The molecule has 1 aliphatic heterocycles. The second kappa shape index (κ2) is 8.18. The Morgan fingerprint density at radius 1 is 1.21 bits per heavy atom. The second-order valence-electron chi connectivity index (χ2n) is 5.78. The van der Waals surface area contributed by atoms with Gasteiger partial charge in [-0.2, -0.15) is 0 Å². The van der Waals surface area contributed by atoms with Crippen molar-refractivity contribution in [3.8, 4) is 0 Å². The second-order valence-corrected chi connectivity index (χ2v) is 5.78. The number of carbonyl (C=O) groups is 2. The maximum Gasteiger partial charge on any atom is 0.245 e. The van der Waals surface area contributed by atoms with Crippen LogP contribution in [0, 0.1) is 5.92 Å². The first-order chi connectivity index (χ1) is 9.06. The van der Waals surface area contributed by atoms with Gasteiger partial charge in [0.25, 0.3) is 0 Å². The summed E-state index contributed by atoms with van der Waals surface area (Å²) in [5.41, 5.74) is 0. The van der Waals surface area contributed by atoms with E-state index in [-0.39, 0.29) is 23.8 Å². The first-order valence-corrected chi connectivity index (χ1v) is 7.64. The molecule has 1 N–H and O–H groups in total. The molecule has 110 valence electrons. The van der Waals surface area contributed by atoms with Crippen LogP contribution in [-0.2, 0) is 9.59 Å². The SMILES string of the molecule is CCCCCCCN1CCC(=O)NC(C(C)C)C1=O. The van der Waals surface area contributed by atoms with Gasteiger partial charge in [0.15, 0.2) is 0 Å². The number of nitrogens with one attached hydrogen (secondary N) is 1. The van der Waals surface area contributed by atoms with Crippen LogP contribution in [0.3, 0.4) is 0 Å². The van der Waals surface area contributed by atoms with Gasteiger partial charge < -0.3 is 10.2 Å². The third-order valence-corrected chi connectivity index (χ3v) is 3.70. The Morgan fingerprint density at radius 3 is 2.53 bits per heavy atom. The molecule has 1 rings (SSSR count). The minimum atomic E-state index is -0.342. The van der Waals surface area contributed by atoms with Gasteiger partial charge in [-0.15, -0.1) is 0 Å². The molecule has 0 aliphatic carbocycles. The first-order valence-electron chi connectivity index (χ1n) is 7.64. The van der Waals surface area contributed by atoms with Gasteiger partial charge in [0.1, 0.15) is 6.04 Å². The molecule has 0 aromatic rings. The van der Waals surface area contributed by atoms with Crippen LogP contribution in [0.1, 0.15) is 59.3 Å². The topological polar surface area (TPSA) is 49.4 Å². The van der Waals surface area contributed by atoms with Gasteiger partial charge in [-0.3, -0.25) is 9.59 Å². The highest BCUT2D eigenvalue weighted by molar-refractivity contribution is 5.90. The highest BCUT2D eigenvalue weighted by Gasteiger charge is 2.31. The average Bonchev–Trinajstić information content (AvgIpc) is 2.51. The maximum atomic E-state index is 12.4. The molecule has 4 nitrogen and oxygen atoms in total. The zero-order valence-corrected chi connectivity index (χ0v) is 12.6. The van der Waals surface area contributed by atoms with E-state index in [9.17, 15) is 9.59 Å². The zero-order valence-electron chi connectivity index (χ0n) is 12.6. The summed E-state index contributed by atoms with van der Waals surface area (Å²) in [7, 11) is 0. The Hall–Kier alpha value is -1.06. The molecule has 0 saturated carbocycles. The number of rotatable bonds is 7. The third-order valence-electron chi connectivity index (χ3n) is 3.70. The normalized spacial score (nSPS) is 20.6. The average molecular weight is 268 g/mol. The summed E-state index contributed by atoms with van der Waals surface area (Å²) in [5.74, 6) is 0.244. The van der Waals surface area contributed by atoms with Crippen molar-refractivity contribution in [1.29, 1.82) is 0 Å². The summed E-state index contributed by atoms with van der Waals surface area (Å²) in [6.45, 7) is 7.52. The van der Waals surface area contributed by atoms with Crippen molar-refractivity contribution in [2.75, 3.05) is 13.1 Å². The van der Waals surface area contributed by atoms with Gasteiger partial charge >= 0.3 is 0 Å². The van der Waals surface area contributed by atoms with E-state index in [1.807, 2.05) is 18.7 Å². The van der Waals surface area contributed by atoms with Crippen molar-refractivity contribution in [2.24, 2.45) is 5.92 Å². The number of hydrogen-bond acceptors (Lipinski definition) is 2. The smallest absolute Gasteiger partial charge is 0.245 e. The zero-order chi connectivity index (χ0) is 14.3. The number of amides is 2. The van der Waals surface area contributed by atoms with E-state index in [0.717, 1.165) is 13.0 Å². The lowest BCUT2D eigenvalue weighted by molar-refractivity contribution is -0.134. The molecule has 4 heteroatoms. The van der Waals surface area contributed by atoms with Gasteiger partial charge in [-0.05, 0) is 12.3 Å². The lowest BCUT2D eigenvalue weighted by Gasteiger charge is -2.26. The van der Waals surface area contributed by atoms with E-state index in [4.69, 9.17) is 0 Å². The minimum absolute atomic E-state index is 0.000494. The molecule has 1 saturated heterocycles. The summed E-state index contributed by atoms with van der Waals surface area (Å²) in [6.07, 6.45) is 6.39. The lowest BCUT2D eigenvalue weighted by atomic mass is 10.0. The fraction of sp³-hybridized carbons (Fsp3) is 0.867. The molecule has 1 unspecified atom stereocenters. The van der Waals surface area contributed by atoms with Gasteiger partial charge in [0.05, 0.1) is 0 Å². The van der Waals surface area contributed by atoms with Crippen LogP contribution in [0.5, 0.6) is 0 Å². The monoisotopic (exact) mass is 268 g/mol. The van der Waals surface area contributed by atoms with E-state index in [2.05, 4.69) is 12.2 Å². The van der Waals surface area contributed by atoms with Gasteiger partial charge in [0.2, 0.25) is 11.8 Å². The van der Waals surface area contributed by atoms with E-state index in [0.29, 0.717) is 13.0 Å². The number of carbonyl (C=O) groups excluding carboxylic acids is 2. The molecular weight excluding hydrogens is 240 g/mol. The largest absolute Gasteiger partial charge is 0.344 e. The Kier molecular flexibility index (Phi) is 6.89. The van der Waals surface area contributed by atoms with Crippen LogP contribution in [-0.4, -0.2) is 35.8 Å². The van der Waals surface area contributed by atoms with Crippen LogP contribution in [0.2, 0.25) is 0 Å². The quantitative estimate of drug-likeness (QED) is 0.720. The summed E-state index contributed by atoms with van der Waals surface area (Å²) in [5, 5.41) is 2.84. The van der Waals surface area contributed by atoms with Crippen LogP contribution in [0.15, 0.2) is 0 Å². The summed E-state index contributed by atoms with van der Waals surface area (Å²) < 4.78 is 0. The molecular formula is C15H28N2O2. The van der Waals surface area contributed by atoms with Gasteiger partial charge in [-0.25, -0.2) is 0 Å². The molecule has 0 bridgehead atoms. The molecule has 0 spiro atoms. The third kappa shape index (κ3) is 5.21. The number of nitrogens with zero attached hydrogens (tertiary/aromatic N) is 1. The van der Waals surface area contributed by atoms with Crippen molar-refractivity contribution in [3.63, 3.8) is 0 Å². The van der Waals surface area contributed by atoms with Crippen molar-refractivity contribution >= 4 is 11.8 Å². The van der Waals surface area contributed by atoms with Crippen LogP contribution < -0.4 is 5.32 Å². The summed E-state index contributed by atoms with van der Waals surface area (Å²) in [4.78, 5) is 25.8. The highest BCUT2D eigenvalue weighted by atomic mass is 16.2. The first kappa shape index (κ1) is 16.0. The predicted molar refractivity (Wildman–Crippen MR) is 76.7 cm³/mol. The Bertz CT molecular complexity index is 303. The van der Waals surface area contributed by atoms with Crippen molar-refractivity contribution in [2.45, 2.75) is 65.3 Å². The van der Waals surface area contributed by atoms with Gasteiger partial charge in [-0.1, -0.05) is 46.5 Å². The fourth-order valence-electron chi connectivity index (χ4n) is 2.43. The highest BCUT2D eigenvalue weighted by Crippen LogP contribution is 2.12. The molecule has 2 amide bonds. The number of unbranched alkanes of at least 4 members (excludes halogenated alkanes) is 4. The van der Waals surface area contributed by atoms with Crippen LogP contribution in [0.4, 0.5) is 0 Å². The van der Waals surface area contributed by atoms with E-state index in [1.54, 1.807) is 0 Å². The van der Waals surface area contributed by atoms with Crippen molar-refractivity contribution < 1.29 is 9.59 Å². The van der Waals surface area contributed by atoms with Gasteiger partial charge in [0, 0.05) is 19.5 Å². The standard InChI is InChI=1S/C15H28N2O2/c1-4-5-6-7-8-10-17-11-9-13(18)16-14(12(2)3)15(17)19/h12,14H,4-11H2,1-3H3,(H,16,18). The maximum absolute atomic E-state index is 12.4. The molecule has 1 heterocycles. The van der Waals surface area contributed by atoms with E-state index < -0.39 is 0 Å². The molecule has 0 aromatic heterocycles. The predicted octanol–water partition coefficient (Wildman–Crippen LogP) is 2.33. The molecule has 19 heavy (non-hydrogen) atoms. The lowest BCUT2D eigenvalue weighted by Crippen LogP contribution is -2.47. The van der Waals surface area contributed by atoms with Crippen LogP contribution in [0.25, 0.3) is 0 Å². The van der Waals surface area contributed by atoms with E-state index in [1.165, 1.54) is 25.7 Å². The van der Waals surface area contributed by atoms with Crippen molar-refractivity contribution in [3.05, 3.63) is 0 Å². The summed E-state index contributed by atoms with van der Waals surface area (Å²) >= 11 is 0. The Balaban J connectivity index is 2.46. The Labute approximate surface area is 116 Å². The van der Waals surface area contributed by atoms with E-state index >= 15 is 0 Å². The molecule has 0 radical (unpaired) electrons. The summed E-state index contributed by atoms with van der Waals surface area (Å²) in [6, 6.07) is -0.342. The molecule has 1 atom stereocenters. The fourth-order valence-corrected chi connectivity index (χ4v) is 2.43. The molecule has 0 aromatic carbocycles. The van der Waals surface area contributed by atoms with Crippen molar-refractivity contribution in [1.82, 2.24) is 10.2 Å².